The Morgan fingerprint density at radius 1 is 0.941 bits per heavy atom. The van der Waals surface area contributed by atoms with Gasteiger partial charge in [-0.3, -0.25) is 4.90 Å². The van der Waals surface area contributed by atoms with Crippen LogP contribution in [0, 0.1) is 11.8 Å². The van der Waals surface area contributed by atoms with Crippen molar-refractivity contribution in [3.05, 3.63) is 0 Å². The number of likely N-dealkylation sites (N-methyl/N-ethyl adjacent to an activating group) is 1. The molecule has 2 heteroatoms. The van der Waals surface area contributed by atoms with Crippen LogP contribution in [0.5, 0.6) is 0 Å². The molecule has 0 radical (unpaired) electrons. The van der Waals surface area contributed by atoms with E-state index in [1.54, 1.807) is 0 Å². The summed E-state index contributed by atoms with van der Waals surface area (Å²) >= 11 is 0. The molecule has 0 spiro atoms. The highest BCUT2D eigenvalue weighted by Gasteiger charge is 2.32. The Kier molecular flexibility index (Phi) is 4.87. The molecule has 2 nitrogen and oxygen atoms in total. The zero-order chi connectivity index (χ0) is 12.3. The molecule has 0 aromatic heterocycles. The third-order valence-electron chi connectivity index (χ3n) is 4.97. The van der Waals surface area contributed by atoms with Gasteiger partial charge in [0.15, 0.2) is 0 Å². The van der Waals surface area contributed by atoms with Crippen molar-refractivity contribution in [3.8, 4) is 0 Å². The van der Waals surface area contributed by atoms with E-state index in [0.29, 0.717) is 0 Å². The SMILES string of the molecule is CNC1CCC(C)CC1N1CCCC(C)CC1. The Hall–Kier alpha value is -0.0800. The van der Waals surface area contributed by atoms with Gasteiger partial charge in [-0.05, 0) is 70.5 Å². The molecule has 1 saturated carbocycles. The van der Waals surface area contributed by atoms with Crippen molar-refractivity contribution in [1.82, 2.24) is 10.2 Å². The lowest BCUT2D eigenvalue weighted by atomic mass is 9.82. The van der Waals surface area contributed by atoms with Crippen LogP contribution in [-0.4, -0.2) is 37.1 Å². The molecule has 1 aliphatic heterocycles. The smallest absolute Gasteiger partial charge is 0.0251 e. The molecule has 4 atom stereocenters. The fourth-order valence-electron chi connectivity index (χ4n) is 3.71. The van der Waals surface area contributed by atoms with Crippen LogP contribution in [0.2, 0.25) is 0 Å². The normalized spacial score (nSPS) is 41.1. The monoisotopic (exact) mass is 238 g/mol. The molecule has 2 fully saturated rings. The lowest BCUT2D eigenvalue weighted by Crippen LogP contribution is -2.52. The second-order valence-electron chi connectivity index (χ2n) is 6.45. The molecule has 17 heavy (non-hydrogen) atoms. The quantitative estimate of drug-likeness (QED) is 0.796. The molecule has 0 amide bonds. The van der Waals surface area contributed by atoms with E-state index >= 15 is 0 Å². The van der Waals surface area contributed by atoms with Crippen LogP contribution in [0.15, 0.2) is 0 Å². The van der Waals surface area contributed by atoms with Gasteiger partial charge in [0.05, 0.1) is 0 Å². The largest absolute Gasteiger partial charge is 0.315 e. The van der Waals surface area contributed by atoms with Crippen molar-refractivity contribution < 1.29 is 0 Å². The van der Waals surface area contributed by atoms with Crippen LogP contribution in [-0.2, 0) is 0 Å². The van der Waals surface area contributed by atoms with Gasteiger partial charge in [0.2, 0.25) is 0 Å². The van der Waals surface area contributed by atoms with E-state index < -0.39 is 0 Å². The van der Waals surface area contributed by atoms with Crippen LogP contribution in [0.4, 0.5) is 0 Å². The van der Waals surface area contributed by atoms with Crippen molar-refractivity contribution in [2.24, 2.45) is 11.8 Å². The summed E-state index contributed by atoms with van der Waals surface area (Å²) < 4.78 is 0. The number of hydrogen-bond donors (Lipinski definition) is 1. The zero-order valence-electron chi connectivity index (χ0n) is 11.9. The second-order valence-corrected chi connectivity index (χ2v) is 6.45. The summed E-state index contributed by atoms with van der Waals surface area (Å²) in [6.07, 6.45) is 8.42. The molecule has 4 unspecified atom stereocenters. The first-order chi connectivity index (χ1) is 8.20. The van der Waals surface area contributed by atoms with E-state index in [0.717, 1.165) is 23.9 Å². The molecule has 0 aromatic carbocycles. The van der Waals surface area contributed by atoms with E-state index in [9.17, 15) is 0 Å². The summed E-state index contributed by atoms with van der Waals surface area (Å²) in [7, 11) is 2.15. The number of nitrogens with zero attached hydrogens (tertiary/aromatic N) is 1. The van der Waals surface area contributed by atoms with Crippen molar-refractivity contribution in [2.45, 2.75) is 64.5 Å². The number of nitrogens with one attached hydrogen (secondary N) is 1. The van der Waals surface area contributed by atoms with Crippen LogP contribution < -0.4 is 5.32 Å². The molecule has 1 heterocycles. The number of likely N-dealkylation sites (tertiary alicyclic amines) is 1. The Labute approximate surface area is 107 Å². The first kappa shape index (κ1) is 13.4. The van der Waals surface area contributed by atoms with Gasteiger partial charge in [-0.2, -0.15) is 0 Å². The summed E-state index contributed by atoms with van der Waals surface area (Å²) in [6, 6.07) is 1.54. The third kappa shape index (κ3) is 3.45. The Bertz CT molecular complexity index is 229. The molecule has 0 aromatic rings. The highest BCUT2D eigenvalue weighted by molar-refractivity contribution is 4.90. The van der Waals surface area contributed by atoms with Gasteiger partial charge in [0.1, 0.15) is 0 Å². The van der Waals surface area contributed by atoms with Gasteiger partial charge < -0.3 is 5.32 Å². The molecular formula is C15H30N2. The lowest BCUT2D eigenvalue weighted by Gasteiger charge is -2.41. The standard InChI is InChI=1S/C15H30N2/c1-12-5-4-9-17(10-8-12)15-11-13(2)6-7-14(15)16-3/h12-16H,4-11H2,1-3H3. The minimum atomic E-state index is 0.736. The van der Waals surface area contributed by atoms with Gasteiger partial charge in [0, 0.05) is 12.1 Å². The van der Waals surface area contributed by atoms with Crippen LogP contribution in [0.1, 0.15) is 52.4 Å². The van der Waals surface area contributed by atoms with E-state index in [1.807, 2.05) is 0 Å². The minimum Gasteiger partial charge on any atom is -0.315 e. The maximum absolute atomic E-state index is 3.56. The average Bonchev–Trinajstić information content (AvgIpc) is 2.54. The fraction of sp³-hybridized carbons (Fsp3) is 1.00. The predicted octanol–water partition coefficient (Wildman–Crippen LogP) is 2.89. The second kappa shape index (κ2) is 6.19. The fourth-order valence-corrected chi connectivity index (χ4v) is 3.71. The van der Waals surface area contributed by atoms with Gasteiger partial charge >= 0.3 is 0 Å². The Balaban J connectivity index is 1.97. The van der Waals surface area contributed by atoms with Gasteiger partial charge in [0.25, 0.3) is 0 Å². The minimum absolute atomic E-state index is 0.736. The maximum atomic E-state index is 3.56. The summed E-state index contributed by atoms with van der Waals surface area (Å²) in [5.41, 5.74) is 0. The summed E-state index contributed by atoms with van der Waals surface area (Å²) in [5.74, 6) is 1.86. The van der Waals surface area contributed by atoms with Crippen molar-refractivity contribution >= 4 is 0 Å². The molecule has 0 bridgehead atoms. The molecule has 2 aliphatic rings. The predicted molar refractivity (Wildman–Crippen MR) is 74.2 cm³/mol. The van der Waals surface area contributed by atoms with Gasteiger partial charge in [-0.25, -0.2) is 0 Å². The molecule has 1 aliphatic carbocycles. The third-order valence-corrected chi connectivity index (χ3v) is 4.97. The maximum Gasteiger partial charge on any atom is 0.0251 e. The van der Waals surface area contributed by atoms with Gasteiger partial charge in [-0.1, -0.05) is 13.8 Å². The first-order valence-electron chi connectivity index (χ1n) is 7.62. The van der Waals surface area contributed by atoms with E-state index in [1.165, 1.54) is 51.6 Å². The van der Waals surface area contributed by atoms with E-state index in [4.69, 9.17) is 0 Å². The number of rotatable bonds is 2. The van der Waals surface area contributed by atoms with Crippen LogP contribution in [0.3, 0.4) is 0 Å². The van der Waals surface area contributed by atoms with Crippen molar-refractivity contribution in [1.29, 1.82) is 0 Å². The average molecular weight is 238 g/mol. The molecule has 1 N–H and O–H groups in total. The molecule has 1 saturated heterocycles. The summed E-state index contributed by atoms with van der Waals surface area (Å²) in [6.45, 7) is 7.51. The highest BCUT2D eigenvalue weighted by atomic mass is 15.2. The molecular weight excluding hydrogens is 208 g/mol. The molecule has 100 valence electrons. The van der Waals surface area contributed by atoms with E-state index in [-0.39, 0.29) is 0 Å². The van der Waals surface area contributed by atoms with Crippen LogP contribution >= 0.6 is 0 Å². The summed E-state index contributed by atoms with van der Waals surface area (Å²) in [5, 5.41) is 3.56. The molecule has 2 rings (SSSR count). The highest BCUT2D eigenvalue weighted by Crippen LogP contribution is 2.29. The van der Waals surface area contributed by atoms with Gasteiger partial charge in [-0.15, -0.1) is 0 Å². The van der Waals surface area contributed by atoms with Crippen molar-refractivity contribution in [2.75, 3.05) is 20.1 Å². The lowest BCUT2D eigenvalue weighted by molar-refractivity contribution is 0.106. The van der Waals surface area contributed by atoms with Crippen molar-refractivity contribution in [3.63, 3.8) is 0 Å². The summed E-state index contributed by atoms with van der Waals surface area (Å²) in [4.78, 5) is 2.79. The first-order valence-corrected chi connectivity index (χ1v) is 7.62. The topological polar surface area (TPSA) is 15.3 Å². The Morgan fingerprint density at radius 3 is 2.53 bits per heavy atom. The zero-order valence-corrected chi connectivity index (χ0v) is 11.9. The van der Waals surface area contributed by atoms with E-state index in [2.05, 4.69) is 31.1 Å². The number of hydrogen-bond acceptors (Lipinski definition) is 2. The Morgan fingerprint density at radius 2 is 1.76 bits per heavy atom. The van der Waals surface area contributed by atoms with Crippen LogP contribution in [0.25, 0.3) is 0 Å².